The number of oxazole rings is 1. The average Bonchev–Trinajstić information content (AvgIpc) is 2.87. The van der Waals surface area contributed by atoms with Gasteiger partial charge in [0.1, 0.15) is 11.3 Å². The molecule has 1 aromatic heterocycles. The summed E-state index contributed by atoms with van der Waals surface area (Å²) in [5.74, 6) is -3.63. The molecule has 0 aliphatic rings. The lowest BCUT2D eigenvalue weighted by Gasteiger charge is -2.01. The van der Waals surface area contributed by atoms with Crippen molar-refractivity contribution in [2.45, 2.75) is 0 Å². The van der Waals surface area contributed by atoms with E-state index in [1.54, 1.807) is 0 Å². The molecule has 0 saturated heterocycles. The quantitative estimate of drug-likeness (QED) is 0.752. The molecule has 0 bridgehead atoms. The van der Waals surface area contributed by atoms with Gasteiger partial charge in [0.2, 0.25) is 11.7 Å². The molecule has 3 aromatic rings. The summed E-state index contributed by atoms with van der Waals surface area (Å²) in [6.45, 7) is 3.58. The van der Waals surface area contributed by atoms with Gasteiger partial charge >= 0.3 is 0 Å². The summed E-state index contributed by atoms with van der Waals surface area (Å²) in [5, 5.41) is 18.7. The van der Waals surface area contributed by atoms with Crippen molar-refractivity contribution >= 4 is 17.2 Å². The molecule has 1 heterocycles. The van der Waals surface area contributed by atoms with Gasteiger partial charge in [0.05, 0.1) is 5.56 Å². The highest BCUT2D eigenvalue weighted by Crippen LogP contribution is 2.33. The molecule has 0 saturated carbocycles. The average molecular weight is 289 g/mol. The van der Waals surface area contributed by atoms with Gasteiger partial charge in [0, 0.05) is 11.6 Å². The Balaban J connectivity index is 2.27. The van der Waals surface area contributed by atoms with E-state index in [-0.39, 0.29) is 22.7 Å². The Morgan fingerprint density at radius 1 is 1.14 bits per heavy atom. The Kier molecular flexibility index (Phi) is 2.86. The summed E-state index contributed by atoms with van der Waals surface area (Å²) in [6.07, 6.45) is 1.45. The second-order valence-corrected chi connectivity index (χ2v) is 4.37. The van der Waals surface area contributed by atoms with Crippen LogP contribution in [-0.2, 0) is 0 Å². The van der Waals surface area contributed by atoms with Gasteiger partial charge in [0.15, 0.2) is 17.1 Å². The molecule has 0 unspecified atom stereocenters. The van der Waals surface area contributed by atoms with Crippen molar-refractivity contribution in [3.8, 4) is 23.0 Å². The highest BCUT2D eigenvalue weighted by Gasteiger charge is 2.19. The smallest absolute Gasteiger partial charge is 0.230 e. The normalized spacial score (nSPS) is 11.0. The minimum absolute atomic E-state index is 0.0467. The molecule has 6 heteroatoms. The maximum Gasteiger partial charge on any atom is 0.230 e. The predicted octanol–water partition coefficient (Wildman–Crippen LogP) is 3.83. The van der Waals surface area contributed by atoms with E-state index in [1.165, 1.54) is 18.2 Å². The lowest BCUT2D eigenvalue weighted by molar-refractivity contribution is 0.407. The number of aromatic nitrogens is 1. The van der Waals surface area contributed by atoms with Crippen molar-refractivity contribution in [3.05, 3.63) is 48.0 Å². The van der Waals surface area contributed by atoms with Crippen molar-refractivity contribution in [3.63, 3.8) is 0 Å². The van der Waals surface area contributed by atoms with Gasteiger partial charge in [-0.3, -0.25) is 0 Å². The third kappa shape index (κ3) is 2.01. The van der Waals surface area contributed by atoms with Crippen LogP contribution in [0.3, 0.4) is 0 Å². The molecule has 2 N–H and O–H groups in total. The second kappa shape index (κ2) is 4.59. The number of fused-ring (bicyclic) bond motifs is 1. The first kappa shape index (κ1) is 13.1. The first-order valence-corrected chi connectivity index (χ1v) is 5.94. The molecule has 0 fully saturated rings. The molecule has 0 spiro atoms. The van der Waals surface area contributed by atoms with Crippen LogP contribution >= 0.6 is 0 Å². The van der Waals surface area contributed by atoms with Crippen LogP contribution in [0.1, 0.15) is 5.56 Å². The minimum atomic E-state index is -1.37. The van der Waals surface area contributed by atoms with E-state index in [1.807, 2.05) is 0 Å². The van der Waals surface area contributed by atoms with Gasteiger partial charge in [-0.15, -0.1) is 0 Å². The van der Waals surface area contributed by atoms with Crippen LogP contribution in [-0.4, -0.2) is 15.2 Å². The Bertz CT molecular complexity index is 871. The Morgan fingerprint density at radius 2 is 1.90 bits per heavy atom. The lowest BCUT2D eigenvalue weighted by Crippen LogP contribution is -1.90. The molecule has 2 aromatic carbocycles. The second-order valence-electron chi connectivity index (χ2n) is 4.37. The SMILES string of the molecule is C=Cc1cc(O)cc2nc(-c3ccc(O)c(F)c3F)oc12. The topological polar surface area (TPSA) is 66.5 Å². The molecule has 0 aliphatic heterocycles. The first-order chi connectivity index (χ1) is 10.0. The fraction of sp³-hybridized carbons (Fsp3) is 0. The van der Waals surface area contributed by atoms with Crippen molar-refractivity contribution in [2.24, 2.45) is 0 Å². The third-order valence-corrected chi connectivity index (χ3v) is 3.02. The summed E-state index contributed by atoms with van der Waals surface area (Å²) < 4.78 is 32.7. The van der Waals surface area contributed by atoms with E-state index < -0.39 is 17.4 Å². The van der Waals surface area contributed by atoms with Crippen molar-refractivity contribution in [1.29, 1.82) is 0 Å². The highest BCUT2D eigenvalue weighted by molar-refractivity contribution is 5.86. The van der Waals surface area contributed by atoms with Crippen LogP contribution in [0, 0.1) is 11.6 Å². The van der Waals surface area contributed by atoms with Crippen LogP contribution < -0.4 is 0 Å². The monoisotopic (exact) mass is 289 g/mol. The summed E-state index contributed by atoms with van der Waals surface area (Å²) in [7, 11) is 0. The molecule has 0 aliphatic carbocycles. The largest absolute Gasteiger partial charge is 0.508 e. The van der Waals surface area contributed by atoms with Crippen molar-refractivity contribution in [2.75, 3.05) is 0 Å². The summed E-state index contributed by atoms with van der Waals surface area (Å²) in [5.41, 5.74) is 0.831. The summed E-state index contributed by atoms with van der Waals surface area (Å²) >= 11 is 0. The molecule has 0 amide bonds. The number of aromatic hydroxyl groups is 2. The highest BCUT2D eigenvalue weighted by atomic mass is 19.2. The number of phenols is 2. The fourth-order valence-corrected chi connectivity index (χ4v) is 2.01. The number of hydrogen-bond acceptors (Lipinski definition) is 4. The van der Waals surface area contributed by atoms with E-state index in [2.05, 4.69) is 11.6 Å². The van der Waals surface area contributed by atoms with Gasteiger partial charge < -0.3 is 14.6 Å². The van der Waals surface area contributed by atoms with Crippen LogP contribution in [0.5, 0.6) is 11.5 Å². The Morgan fingerprint density at radius 3 is 2.62 bits per heavy atom. The van der Waals surface area contributed by atoms with Gasteiger partial charge in [-0.1, -0.05) is 12.7 Å². The number of hydrogen-bond donors (Lipinski definition) is 2. The molecule has 0 radical (unpaired) electrons. The number of halogens is 2. The molecule has 21 heavy (non-hydrogen) atoms. The minimum Gasteiger partial charge on any atom is -0.508 e. The molecule has 4 nitrogen and oxygen atoms in total. The molecule has 106 valence electrons. The van der Waals surface area contributed by atoms with Crippen molar-refractivity contribution < 1.29 is 23.4 Å². The zero-order chi connectivity index (χ0) is 15.1. The maximum absolute atomic E-state index is 13.8. The molecular weight excluding hydrogens is 280 g/mol. The number of phenolic OH excluding ortho intramolecular Hbond substituents is 2. The zero-order valence-electron chi connectivity index (χ0n) is 10.6. The lowest BCUT2D eigenvalue weighted by atomic mass is 10.2. The summed E-state index contributed by atoms with van der Waals surface area (Å²) in [6, 6.07) is 4.92. The van der Waals surface area contributed by atoms with Crippen molar-refractivity contribution in [1.82, 2.24) is 4.98 Å². The first-order valence-electron chi connectivity index (χ1n) is 5.94. The number of nitrogens with zero attached hydrogens (tertiary/aromatic N) is 1. The van der Waals surface area contributed by atoms with E-state index in [4.69, 9.17) is 9.52 Å². The van der Waals surface area contributed by atoms with E-state index in [0.29, 0.717) is 11.1 Å². The molecular formula is C15H9F2NO3. The molecule has 0 atom stereocenters. The van der Waals surface area contributed by atoms with E-state index >= 15 is 0 Å². The van der Waals surface area contributed by atoms with E-state index in [0.717, 1.165) is 12.1 Å². The maximum atomic E-state index is 13.8. The number of rotatable bonds is 2. The Labute approximate surface area is 117 Å². The standard InChI is InChI=1S/C15H9F2NO3/c1-2-7-5-8(19)6-10-14(7)21-15(18-10)9-3-4-11(20)13(17)12(9)16/h2-6,19-20H,1H2. The zero-order valence-corrected chi connectivity index (χ0v) is 10.6. The summed E-state index contributed by atoms with van der Waals surface area (Å²) in [4.78, 5) is 4.02. The van der Waals surface area contributed by atoms with Gasteiger partial charge in [-0.05, 0) is 18.2 Å². The Hall–Kier alpha value is -2.89. The van der Waals surface area contributed by atoms with Crippen LogP contribution in [0.4, 0.5) is 8.78 Å². The third-order valence-electron chi connectivity index (χ3n) is 3.02. The van der Waals surface area contributed by atoms with E-state index in [9.17, 15) is 13.9 Å². The van der Waals surface area contributed by atoms with Gasteiger partial charge in [0.25, 0.3) is 0 Å². The number of benzene rings is 2. The van der Waals surface area contributed by atoms with Crippen LogP contribution in [0.25, 0.3) is 28.6 Å². The van der Waals surface area contributed by atoms with Crippen LogP contribution in [0.2, 0.25) is 0 Å². The molecule has 3 rings (SSSR count). The van der Waals surface area contributed by atoms with Crippen LogP contribution in [0.15, 0.2) is 35.3 Å². The van der Waals surface area contributed by atoms with Gasteiger partial charge in [-0.25, -0.2) is 9.37 Å². The van der Waals surface area contributed by atoms with Gasteiger partial charge in [-0.2, -0.15) is 4.39 Å². The fourth-order valence-electron chi connectivity index (χ4n) is 2.01. The predicted molar refractivity (Wildman–Crippen MR) is 72.8 cm³/mol.